The Kier molecular flexibility index (Phi) is 10.8. The standard InChI is InChI=1S/C34H31Cl2N3O4/c1-22(29-17-30(35)19-31(36)18-29)16-32(27-12-10-26(11-13-27)25-6-4-24(21-40)5-7-25)39(37)20-23-2-8-28(9-3-23)34(43)38-15-14-33(41)42/h2-13,16-19,40H,1,14-15,20-21,37H2,(H,38,43)(H,41,42)/b32-16-. The molecule has 0 atom stereocenters. The van der Waals surface area contributed by atoms with Gasteiger partial charge in [-0.1, -0.05) is 90.4 Å². The quantitative estimate of drug-likeness (QED) is 0.0792. The number of carboxylic acid groups (broad SMARTS) is 1. The number of nitrogens with one attached hydrogen (secondary N) is 1. The number of halogens is 2. The molecule has 0 saturated carbocycles. The van der Waals surface area contributed by atoms with Crippen LogP contribution in [0.5, 0.6) is 0 Å². The second-order valence-corrected chi connectivity index (χ2v) is 10.7. The van der Waals surface area contributed by atoms with Crippen molar-refractivity contribution in [1.82, 2.24) is 10.3 Å². The first-order valence-electron chi connectivity index (χ1n) is 13.4. The number of carboxylic acids is 1. The maximum absolute atomic E-state index is 12.3. The molecule has 1 amide bonds. The molecule has 0 radical (unpaired) electrons. The third-order valence-electron chi connectivity index (χ3n) is 6.70. The largest absolute Gasteiger partial charge is 0.481 e. The number of nitrogens with two attached hydrogens (primary N) is 1. The van der Waals surface area contributed by atoms with Crippen molar-refractivity contribution in [2.75, 3.05) is 6.54 Å². The van der Waals surface area contributed by atoms with E-state index in [-0.39, 0.29) is 25.5 Å². The summed E-state index contributed by atoms with van der Waals surface area (Å²) >= 11 is 12.5. The molecule has 4 rings (SSSR count). The fourth-order valence-corrected chi connectivity index (χ4v) is 4.91. The van der Waals surface area contributed by atoms with Crippen LogP contribution >= 0.6 is 23.2 Å². The minimum absolute atomic E-state index is 0.00977. The van der Waals surface area contributed by atoms with Gasteiger partial charge in [-0.3, -0.25) is 9.59 Å². The molecule has 7 nitrogen and oxygen atoms in total. The maximum atomic E-state index is 12.3. The number of hydrogen-bond acceptors (Lipinski definition) is 5. The number of amides is 1. The van der Waals surface area contributed by atoms with Crippen molar-refractivity contribution >= 4 is 46.3 Å². The third-order valence-corrected chi connectivity index (χ3v) is 7.13. The Morgan fingerprint density at radius 1 is 0.814 bits per heavy atom. The highest BCUT2D eigenvalue weighted by atomic mass is 35.5. The predicted molar refractivity (Wildman–Crippen MR) is 172 cm³/mol. The summed E-state index contributed by atoms with van der Waals surface area (Å²) in [5, 5.41) is 23.3. The number of benzene rings is 4. The Morgan fingerprint density at radius 3 is 1.91 bits per heavy atom. The summed E-state index contributed by atoms with van der Waals surface area (Å²) in [4.78, 5) is 23.0. The summed E-state index contributed by atoms with van der Waals surface area (Å²) in [6, 6.07) is 27.8. The molecule has 43 heavy (non-hydrogen) atoms. The van der Waals surface area contributed by atoms with E-state index in [0.717, 1.165) is 33.4 Å². The summed E-state index contributed by atoms with van der Waals surface area (Å²) in [6.07, 6.45) is 1.72. The molecule has 0 spiro atoms. The number of aliphatic carboxylic acids is 1. The maximum Gasteiger partial charge on any atom is 0.305 e. The van der Waals surface area contributed by atoms with E-state index in [0.29, 0.717) is 33.4 Å². The molecule has 220 valence electrons. The lowest BCUT2D eigenvalue weighted by atomic mass is 9.99. The van der Waals surface area contributed by atoms with Crippen molar-refractivity contribution in [3.8, 4) is 11.1 Å². The average molecular weight is 617 g/mol. The van der Waals surface area contributed by atoms with E-state index in [1.165, 1.54) is 0 Å². The number of aliphatic hydroxyl groups excluding tert-OH is 1. The molecule has 0 saturated heterocycles. The van der Waals surface area contributed by atoms with Gasteiger partial charge < -0.3 is 20.5 Å². The zero-order valence-corrected chi connectivity index (χ0v) is 24.8. The van der Waals surface area contributed by atoms with E-state index in [2.05, 4.69) is 11.9 Å². The summed E-state index contributed by atoms with van der Waals surface area (Å²) < 4.78 is 0. The number of hydrogen-bond donors (Lipinski definition) is 4. The third kappa shape index (κ3) is 8.80. The van der Waals surface area contributed by atoms with Gasteiger partial charge in [0.1, 0.15) is 0 Å². The molecule has 0 heterocycles. The number of carbonyl (C=O) groups excluding carboxylic acids is 1. The molecule has 4 aromatic carbocycles. The van der Waals surface area contributed by atoms with Gasteiger partial charge in [0, 0.05) is 22.2 Å². The Bertz CT molecular complexity index is 1610. The van der Waals surface area contributed by atoms with Crippen LogP contribution in [-0.2, 0) is 17.9 Å². The van der Waals surface area contributed by atoms with Crippen LogP contribution in [0, 0.1) is 0 Å². The van der Waals surface area contributed by atoms with Gasteiger partial charge in [-0.25, -0.2) is 5.84 Å². The molecule has 0 aliphatic carbocycles. The summed E-state index contributed by atoms with van der Waals surface area (Å²) in [6.45, 7) is 4.59. The SMILES string of the molecule is C=C(/C=C(/c1ccc(-c2ccc(CO)cc2)cc1)N(N)Cc1ccc(C(=O)NCCC(=O)O)cc1)c1cc(Cl)cc(Cl)c1. The Labute approximate surface area is 260 Å². The summed E-state index contributed by atoms with van der Waals surface area (Å²) in [5.74, 6) is 5.33. The van der Waals surface area contributed by atoms with Crippen LogP contribution in [0.1, 0.15) is 39.0 Å². The van der Waals surface area contributed by atoms with Crippen LogP contribution in [0.15, 0.2) is 104 Å². The normalized spacial score (nSPS) is 11.2. The van der Waals surface area contributed by atoms with Crippen molar-refractivity contribution in [2.24, 2.45) is 5.84 Å². The highest BCUT2D eigenvalue weighted by Gasteiger charge is 2.13. The van der Waals surface area contributed by atoms with E-state index >= 15 is 0 Å². The molecule has 0 aromatic heterocycles. The van der Waals surface area contributed by atoms with Crippen LogP contribution in [0.4, 0.5) is 0 Å². The number of nitrogens with zero attached hydrogens (tertiary/aromatic N) is 1. The number of rotatable bonds is 12. The number of aliphatic hydroxyl groups is 1. The smallest absolute Gasteiger partial charge is 0.305 e. The van der Waals surface area contributed by atoms with E-state index in [9.17, 15) is 14.7 Å². The molecule has 0 bridgehead atoms. The fourth-order valence-electron chi connectivity index (χ4n) is 4.38. The van der Waals surface area contributed by atoms with Gasteiger partial charge in [0.2, 0.25) is 0 Å². The van der Waals surface area contributed by atoms with Gasteiger partial charge in [0.15, 0.2) is 0 Å². The van der Waals surface area contributed by atoms with E-state index in [1.807, 2.05) is 54.6 Å². The lowest BCUT2D eigenvalue weighted by Crippen LogP contribution is -2.29. The number of carbonyl (C=O) groups is 2. The van der Waals surface area contributed by atoms with Gasteiger partial charge in [0.25, 0.3) is 5.91 Å². The van der Waals surface area contributed by atoms with Crippen molar-refractivity contribution in [3.05, 3.63) is 142 Å². The molecular formula is C34H31Cl2N3O4. The van der Waals surface area contributed by atoms with Crippen molar-refractivity contribution in [1.29, 1.82) is 0 Å². The van der Waals surface area contributed by atoms with Crippen molar-refractivity contribution in [2.45, 2.75) is 19.6 Å². The number of allylic oxidation sites excluding steroid dienone is 2. The Morgan fingerprint density at radius 2 is 1.35 bits per heavy atom. The molecule has 0 aliphatic heterocycles. The van der Waals surface area contributed by atoms with E-state index in [4.69, 9.17) is 34.2 Å². The van der Waals surface area contributed by atoms with Crippen molar-refractivity contribution < 1.29 is 19.8 Å². The molecule has 0 aliphatic rings. The topological polar surface area (TPSA) is 116 Å². The van der Waals surface area contributed by atoms with Crippen LogP contribution in [-0.4, -0.2) is 33.6 Å². The van der Waals surface area contributed by atoms with Gasteiger partial charge >= 0.3 is 5.97 Å². The minimum Gasteiger partial charge on any atom is -0.481 e. The second kappa shape index (κ2) is 14.7. The van der Waals surface area contributed by atoms with Crippen LogP contribution in [0.2, 0.25) is 10.0 Å². The summed E-state index contributed by atoms with van der Waals surface area (Å²) in [7, 11) is 0. The van der Waals surface area contributed by atoms with Crippen LogP contribution < -0.4 is 11.2 Å². The highest BCUT2D eigenvalue weighted by molar-refractivity contribution is 6.34. The molecule has 4 aromatic rings. The van der Waals surface area contributed by atoms with Crippen molar-refractivity contribution in [3.63, 3.8) is 0 Å². The Balaban J connectivity index is 1.59. The molecule has 0 unspecified atom stereocenters. The fraction of sp³-hybridized carbons (Fsp3) is 0.118. The predicted octanol–water partition coefficient (Wildman–Crippen LogP) is 6.79. The molecule has 0 fully saturated rings. The summed E-state index contributed by atoms with van der Waals surface area (Å²) in [5.41, 5.74) is 7.10. The van der Waals surface area contributed by atoms with Gasteiger partial charge in [0.05, 0.1) is 25.3 Å². The minimum atomic E-state index is -0.977. The van der Waals surface area contributed by atoms with Crippen LogP contribution in [0.3, 0.4) is 0 Å². The molecule has 9 heteroatoms. The first-order valence-corrected chi connectivity index (χ1v) is 14.2. The lowest BCUT2D eigenvalue weighted by molar-refractivity contribution is -0.136. The second-order valence-electron chi connectivity index (χ2n) is 9.87. The highest BCUT2D eigenvalue weighted by Crippen LogP contribution is 2.29. The lowest BCUT2D eigenvalue weighted by Gasteiger charge is -2.24. The molecule has 5 N–H and O–H groups in total. The van der Waals surface area contributed by atoms with E-state index in [1.54, 1.807) is 47.5 Å². The van der Waals surface area contributed by atoms with Gasteiger partial charge in [-0.2, -0.15) is 0 Å². The molecular weight excluding hydrogens is 585 g/mol. The first-order chi connectivity index (χ1) is 20.6. The number of hydrazine groups is 1. The van der Waals surface area contributed by atoms with Gasteiger partial charge in [-0.05, 0) is 75.4 Å². The Hall–Kier alpha value is -4.40. The van der Waals surface area contributed by atoms with Gasteiger partial charge in [-0.15, -0.1) is 0 Å². The average Bonchev–Trinajstić information content (AvgIpc) is 2.99. The zero-order chi connectivity index (χ0) is 30.9. The monoisotopic (exact) mass is 615 g/mol. The zero-order valence-electron chi connectivity index (χ0n) is 23.3. The van der Waals surface area contributed by atoms with E-state index < -0.39 is 5.97 Å². The first kappa shape index (κ1) is 31.5. The van der Waals surface area contributed by atoms with Crippen LogP contribution in [0.25, 0.3) is 22.4 Å².